The van der Waals surface area contributed by atoms with E-state index in [1.807, 2.05) is 9.80 Å². The van der Waals surface area contributed by atoms with E-state index in [9.17, 15) is 14.0 Å². The van der Waals surface area contributed by atoms with Crippen molar-refractivity contribution in [1.82, 2.24) is 19.6 Å². The van der Waals surface area contributed by atoms with E-state index in [4.69, 9.17) is 0 Å². The molecule has 160 valence electrons. The number of urea groups is 1. The molecule has 1 aromatic rings. The summed E-state index contributed by atoms with van der Waals surface area (Å²) in [5.41, 5.74) is 0.811. The lowest BCUT2D eigenvalue weighted by atomic mass is 10.1. The van der Waals surface area contributed by atoms with Crippen molar-refractivity contribution in [3.63, 3.8) is 0 Å². The molecular formula is C22H33FN4O2. The molecule has 2 aliphatic heterocycles. The van der Waals surface area contributed by atoms with Crippen molar-refractivity contribution < 1.29 is 14.0 Å². The molecule has 2 fully saturated rings. The molecule has 0 N–H and O–H groups in total. The van der Waals surface area contributed by atoms with Gasteiger partial charge < -0.3 is 19.6 Å². The molecule has 3 amide bonds. The van der Waals surface area contributed by atoms with E-state index in [1.165, 1.54) is 31.4 Å². The van der Waals surface area contributed by atoms with E-state index >= 15 is 0 Å². The summed E-state index contributed by atoms with van der Waals surface area (Å²) in [6.07, 6.45) is 4.83. The highest BCUT2D eigenvalue weighted by Gasteiger charge is 2.33. The molecule has 0 bridgehead atoms. The monoisotopic (exact) mass is 404 g/mol. The summed E-state index contributed by atoms with van der Waals surface area (Å²) in [5, 5.41) is 0. The Labute approximate surface area is 173 Å². The van der Waals surface area contributed by atoms with Gasteiger partial charge >= 0.3 is 6.03 Å². The smallest absolute Gasteiger partial charge is 0.319 e. The number of carbonyl (C=O) groups is 2. The Hall–Kier alpha value is -2.15. The third-order valence-electron chi connectivity index (χ3n) is 5.96. The number of halogens is 1. The van der Waals surface area contributed by atoms with Gasteiger partial charge in [-0.15, -0.1) is 0 Å². The van der Waals surface area contributed by atoms with Crippen LogP contribution in [0.25, 0.3) is 0 Å². The molecule has 0 aliphatic carbocycles. The highest BCUT2D eigenvalue weighted by atomic mass is 19.1. The van der Waals surface area contributed by atoms with Crippen molar-refractivity contribution in [2.45, 2.75) is 38.1 Å². The summed E-state index contributed by atoms with van der Waals surface area (Å²) in [6, 6.07) is 6.13. The second-order valence-electron chi connectivity index (χ2n) is 8.36. The molecule has 1 atom stereocenters. The zero-order valence-electron chi connectivity index (χ0n) is 17.6. The van der Waals surface area contributed by atoms with E-state index in [2.05, 4.69) is 4.90 Å². The van der Waals surface area contributed by atoms with Gasteiger partial charge in [-0.2, -0.15) is 0 Å². The topological polar surface area (TPSA) is 47.1 Å². The predicted octanol–water partition coefficient (Wildman–Crippen LogP) is 2.44. The fraction of sp³-hybridized carbons (Fsp3) is 0.636. The summed E-state index contributed by atoms with van der Waals surface area (Å²) >= 11 is 0. The molecule has 1 aromatic carbocycles. The number of nitrogens with zero attached hydrogens (tertiary/aromatic N) is 4. The maximum absolute atomic E-state index is 13.1. The van der Waals surface area contributed by atoms with Crippen LogP contribution in [0.3, 0.4) is 0 Å². The lowest BCUT2D eigenvalue weighted by Gasteiger charge is -2.34. The first-order valence-electron chi connectivity index (χ1n) is 10.7. The quantitative estimate of drug-likeness (QED) is 0.732. The third-order valence-corrected chi connectivity index (χ3v) is 5.96. The van der Waals surface area contributed by atoms with Crippen molar-refractivity contribution >= 4 is 11.9 Å². The fourth-order valence-corrected chi connectivity index (χ4v) is 4.23. The molecule has 0 aromatic heterocycles. The average molecular weight is 405 g/mol. The van der Waals surface area contributed by atoms with Crippen LogP contribution in [0.2, 0.25) is 0 Å². The first-order chi connectivity index (χ1) is 13.9. The van der Waals surface area contributed by atoms with Gasteiger partial charge in [0.15, 0.2) is 0 Å². The fourth-order valence-electron chi connectivity index (χ4n) is 4.23. The molecular weight excluding hydrogens is 371 g/mol. The Morgan fingerprint density at radius 3 is 2.41 bits per heavy atom. The number of piperidine rings is 1. The normalized spacial score (nSPS) is 20.0. The molecule has 7 heteroatoms. The van der Waals surface area contributed by atoms with Gasteiger partial charge in [0, 0.05) is 40.3 Å². The second-order valence-corrected chi connectivity index (χ2v) is 8.36. The van der Waals surface area contributed by atoms with E-state index in [0.29, 0.717) is 19.6 Å². The molecule has 0 unspecified atom stereocenters. The van der Waals surface area contributed by atoms with Crippen LogP contribution in [0.4, 0.5) is 9.18 Å². The Morgan fingerprint density at radius 2 is 1.76 bits per heavy atom. The second kappa shape index (κ2) is 10.1. The Bertz CT molecular complexity index is 689. The van der Waals surface area contributed by atoms with Gasteiger partial charge in [-0.3, -0.25) is 4.79 Å². The van der Waals surface area contributed by atoms with Crippen LogP contribution in [0, 0.1) is 5.82 Å². The number of rotatable bonds is 6. The SMILES string of the molecule is CN(C)C(=O)N(CCN1CCCCC1)[C@H]1CCN(C(=O)Cc2ccc(F)cc2)C1. The van der Waals surface area contributed by atoms with E-state index in [0.717, 1.165) is 31.6 Å². The lowest BCUT2D eigenvalue weighted by Crippen LogP contribution is -2.50. The Kier molecular flexibility index (Phi) is 7.47. The standard InChI is InChI=1S/C22H33FN4O2/c1-24(2)22(29)27(15-14-25-11-4-3-5-12-25)20-10-13-26(17-20)21(28)16-18-6-8-19(23)9-7-18/h6-9,20H,3-5,10-17H2,1-2H3/t20-/m0/s1. The van der Waals surface area contributed by atoms with Crippen molar-refractivity contribution in [2.75, 3.05) is 53.4 Å². The molecule has 2 aliphatic rings. The Morgan fingerprint density at radius 1 is 1.07 bits per heavy atom. The zero-order chi connectivity index (χ0) is 20.8. The number of benzene rings is 1. The minimum absolute atomic E-state index is 0.0137. The van der Waals surface area contributed by atoms with Crippen LogP contribution in [0.15, 0.2) is 24.3 Å². The number of amides is 3. The van der Waals surface area contributed by atoms with Crippen LogP contribution >= 0.6 is 0 Å². The predicted molar refractivity (Wildman–Crippen MR) is 111 cm³/mol. The van der Waals surface area contributed by atoms with Gasteiger partial charge in [0.2, 0.25) is 5.91 Å². The summed E-state index contributed by atoms with van der Waals surface area (Å²) in [5.74, 6) is -0.263. The van der Waals surface area contributed by atoms with Crippen LogP contribution in [-0.2, 0) is 11.2 Å². The van der Waals surface area contributed by atoms with Gasteiger partial charge in [-0.05, 0) is 50.0 Å². The van der Waals surface area contributed by atoms with E-state index in [-0.39, 0.29) is 30.2 Å². The largest absolute Gasteiger partial charge is 0.340 e. The molecule has 0 radical (unpaired) electrons. The summed E-state index contributed by atoms with van der Waals surface area (Å²) in [4.78, 5) is 33.3. The molecule has 2 heterocycles. The summed E-state index contributed by atoms with van der Waals surface area (Å²) < 4.78 is 13.1. The minimum atomic E-state index is -0.297. The highest BCUT2D eigenvalue weighted by molar-refractivity contribution is 5.79. The molecule has 0 saturated carbocycles. The summed E-state index contributed by atoms with van der Waals surface area (Å²) in [7, 11) is 3.56. The summed E-state index contributed by atoms with van der Waals surface area (Å²) in [6.45, 7) is 5.03. The van der Waals surface area contributed by atoms with Gasteiger partial charge in [-0.1, -0.05) is 18.6 Å². The maximum Gasteiger partial charge on any atom is 0.319 e. The molecule has 3 rings (SSSR count). The maximum atomic E-state index is 13.1. The van der Waals surface area contributed by atoms with Crippen LogP contribution in [0.1, 0.15) is 31.2 Å². The van der Waals surface area contributed by atoms with Gasteiger partial charge in [0.25, 0.3) is 0 Å². The van der Waals surface area contributed by atoms with Gasteiger partial charge in [0.1, 0.15) is 5.82 Å². The minimum Gasteiger partial charge on any atom is -0.340 e. The first kappa shape index (κ1) is 21.6. The number of likely N-dealkylation sites (tertiary alicyclic amines) is 2. The molecule has 6 nitrogen and oxygen atoms in total. The number of hydrogen-bond acceptors (Lipinski definition) is 3. The number of carbonyl (C=O) groups excluding carboxylic acids is 2. The van der Waals surface area contributed by atoms with Crippen LogP contribution in [-0.4, -0.2) is 90.9 Å². The average Bonchev–Trinajstić information content (AvgIpc) is 3.20. The van der Waals surface area contributed by atoms with Crippen molar-refractivity contribution in [2.24, 2.45) is 0 Å². The highest BCUT2D eigenvalue weighted by Crippen LogP contribution is 2.19. The molecule has 29 heavy (non-hydrogen) atoms. The van der Waals surface area contributed by atoms with E-state index in [1.54, 1.807) is 31.1 Å². The van der Waals surface area contributed by atoms with Gasteiger partial charge in [-0.25, -0.2) is 9.18 Å². The van der Waals surface area contributed by atoms with E-state index < -0.39 is 0 Å². The molecule has 0 spiro atoms. The lowest BCUT2D eigenvalue weighted by molar-refractivity contribution is -0.129. The Balaban J connectivity index is 1.57. The van der Waals surface area contributed by atoms with Crippen molar-refractivity contribution in [3.05, 3.63) is 35.6 Å². The molecule has 2 saturated heterocycles. The first-order valence-corrected chi connectivity index (χ1v) is 10.7. The number of hydrogen-bond donors (Lipinski definition) is 0. The van der Waals surface area contributed by atoms with Gasteiger partial charge in [0.05, 0.1) is 12.5 Å². The van der Waals surface area contributed by atoms with Crippen LogP contribution in [0.5, 0.6) is 0 Å². The van der Waals surface area contributed by atoms with Crippen molar-refractivity contribution in [1.29, 1.82) is 0 Å². The third kappa shape index (κ3) is 5.92. The van der Waals surface area contributed by atoms with Crippen molar-refractivity contribution in [3.8, 4) is 0 Å². The van der Waals surface area contributed by atoms with Crippen LogP contribution < -0.4 is 0 Å². The zero-order valence-corrected chi connectivity index (χ0v) is 17.6.